The number of nitrogens with zero attached hydrogens (tertiary/aromatic N) is 1. The quantitative estimate of drug-likeness (QED) is 0.759. The monoisotopic (exact) mass is 266 g/mol. The zero-order valence-corrected chi connectivity index (χ0v) is 12.3. The molecule has 2 N–H and O–H groups in total. The van der Waals surface area contributed by atoms with E-state index >= 15 is 0 Å². The van der Waals surface area contributed by atoms with Crippen molar-refractivity contribution in [1.29, 1.82) is 0 Å². The molecule has 4 nitrogen and oxygen atoms in total. The van der Waals surface area contributed by atoms with Crippen LogP contribution in [-0.2, 0) is 6.54 Å². The van der Waals surface area contributed by atoms with Crippen LogP contribution in [0.1, 0.15) is 50.5 Å². The molecule has 0 radical (unpaired) electrons. The van der Waals surface area contributed by atoms with Crippen LogP contribution in [0.15, 0.2) is 18.3 Å². The van der Waals surface area contributed by atoms with Gasteiger partial charge < -0.3 is 15.0 Å². The smallest absolute Gasteiger partial charge is 0.267 e. The average molecular weight is 266 g/mol. The second-order valence-electron chi connectivity index (χ2n) is 5.13. The van der Waals surface area contributed by atoms with Gasteiger partial charge in [-0.2, -0.15) is 0 Å². The van der Waals surface area contributed by atoms with Gasteiger partial charge in [-0.1, -0.05) is 20.8 Å². The minimum absolute atomic E-state index is 0.0572. The van der Waals surface area contributed by atoms with Gasteiger partial charge in [0.15, 0.2) is 0 Å². The Morgan fingerprint density at radius 3 is 2.58 bits per heavy atom. The van der Waals surface area contributed by atoms with E-state index in [0.29, 0.717) is 12.2 Å². The molecule has 0 aliphatic rings. The van der Waals surface area contributed by atoms with Crippen molar-refractivity contribution in [3.05, 3.63) is 24.0 Å². The summed E-state index contributed by atoms with van der Waals surface area (Å²) >= 11 is 0. The first-order valence-electron chi connectivity index (χ1n) is 7.16. The van der Waals surface area contributed by atoms with Crippen molar-refractivity contribution in [3.8, 4) is 0 Å². The number of nitrogens with one attached hydrogen (secondary N) is 1. The van der Waals surface area contributed by atoms with E-state index in [1.807, 2.05) is 36.7 Å². The van der Waals surface area contributed by atoms with E-state index in [2.05, 4.69) is 12.2 Å². The average Bonchev–Trinajstić information content (AvgIpc) is 2.89. The van der Waals surface area contributed by atoms with E-state index in [9.17, 15) is 9.90 Å². The lowest BCUT2D eigenvalue weighted by Crippen LogP contribution is -2.40. The molecule has 0 spiro atoms. The molecular weight excluding hydrogens is 240 g/mol. The molecule has 4 heteroatoms. The Morgan fingerprint density at radius 2 is 2.05 bits per heavy atom. The van der Waals surface area contributed by atoms with Gasteiger partial charge in [0, 0.05) is 24.7 Å². The number of aromatic nitrogens is 1. The van der Waals surface area contributed by atoms with Gasteiger partial charge >= 0.3 is 0 Å². The Bertz CT molecular complexity index is 386. The molecule has 1 amide bonds. The number of aryl methyl sites for hydroxylation is 1. The SMILES string of the molecule is CCCn1cccc1C(=O)NCC(CC)(CC)CO. The topological polar surface area (TPSA) is 54.3 Å². The van der Waals surface area contributed by atoms with Crippen molar-refractivity contribution in [3.63, 3.8) is 0 Å². The molecular formula is C15H26N2O2. The molecule has 0 bridgehead atoms. The summed E-state index contributed by atoms with van der Waals surface area (Å²) in [6, 6.07) is 3.73. The van der Waals surface area contributed by atoms with E-state index in [1.165, 1.54) is 0 Å². The number of aliphatic hydroxyl groups is 1. The molecule has 1 heterocycles. The fourth-order valence-electron chi connectivity index (χ4n) is 2.19. The molecule has 1 aromatic heterocycles. The molecule has 0 aromatic carbocycles. The standard InChI is InChI=1S/C15H26N2O2/c1-4-9-17-10-7-8-13(17)14(19)16-11-15(5-2,6-3)12-18/h7-8,10,18H,4-6,9,11-12H2,1-3H3,(H,16,19). The molecule has 0 saturated heterocycles. The number of amides is 1. The summed E-state index contributed by atoms with van der Waals surface area (Å²) < 4.78 is 1.97. The largest absolute Gasteiger partial charge is 0.396 e. The first kappa shape index (κ1) is 15.8. The normalized spacial score (nSPS) is 11.6. The lowest BCUT2D eigenvalue weighted by Gasteiger charge is -2.29. The molecule has 0 aliphatic heterocycles. The highest BCUT2D eigenvalue weighted by Crippen LogP contribution is 2.24. The van der Waals surface area contributed by atoms with Crippen molar-refractivity contribution in [2.24, 2.45) is 5.41 Å². The van der Waals surface area contributed by atoms with Crippen LogP contribution >= 0.6 is 0 Å². The van der Waals surface area contributed by atoms with Gasteiger partial charge in [-0.25, -0.2) is 0 Å². The highest BCUT2D eigenvalue weighted by Gasteiger charge is 2.26. The Labute approximate surface area is 115 Å². The predicted molar refractivity (Wildman–Crippen MR) is 77.2 cm³/mol. The molecule has 108 valence electrons. The maximum Gasteiger partial charge on any atom is 0.267 e. The second kappa shape index (κ2) is 7.34. The number of hydrogen-bond donors (Lipinski definition) is 2. The summed E-state index contributed by atoms with van der Waals surface area (Å²) in [7, 11) is 0. The number of carbonyl (C=O) groups excluding carboxylic acids is 1. The molecule has 0 atom stereocenters. The Morgan fingerprint density at radius 1 is 1.37 bits per heavy atom. The molecule has 0 unspecified atom stereocenters. The molecule has 0 aliphatic carbocycles. The third-order valence-electron chi connectivity index (χ3n) is 3.99. The van der Waals surface area contributed by atoms with Crippen molar-refractivity contribution in [2.45, 2.75) is 46.6 Å². The van der Waals surface area contributed by atoms with Crippen molar-refractivity contribution < 1.29 is 9.90 Å². The third kappa shape index (κ3) is 3.83. The molecule has 1 rings (SSSR count). The zero-order valence-electron chi connectivity index (χ0n) is 12.3. The first-order valence-corrected chi connectivity index (χ1v) is 7.16. The second-order valence-corrected chi connectivity index (χ2v) is 5.13. The minimum Gasteiger partial charge on any atom is -0.396 e. The molecule has 19 heavy (non-hydrogen) atoms. The van der Waals surface area contributed by atoms with E-state index < -0.39 is 0 Å². The van der Waals surface area contributed by atoms with Crippen molar-refractivity contribution in [2.75, 3.05) is 13.2 Å². The number of hydrogen-bond acceptors (Lipinski definition) is 2. The number of carbonyl (C=O) groups is 1. The van der Waals surface area contributed by atoms with Gasteiger partial charge in [0.2, 0.25) is 0 Å². The lowest BCUT2D eigenvalue weighted by atomic mass is 9.83. The Balaban J connectivity index is 2.67. The van der Waals surface area contributed by atoms with Gasteiger partial charge in [0.05, 0.1) is 6.61 Å². The van der Waals surface area contributed by atoms with Gasteiger partial charge in [-0.05, 0) is 31.4 Å². The highest BCUT2D eigenvalue weighted by molar-refractivity contribution is 5.92. The maximum atomic E-state index is 12.2. The van der Waals surface area contributed by atoms with Gasteiger partial charge in [-0.15, -0.1) is 0 Å². The maximum absolute atomic E-state index is 12.2. The molecule has 0 saturated carbocycles. The number of aliphatic hydroxyl groups excluding tert-OH is 1. The minimum atomic E-state index is -0.197. The summed E-state index contributed by atoms with van der Waals surface area (Å²) in [5.74, 6) is -0.0572. The fraction of sp³-hybridized carbons (Fsp3) is 0.667. The van der Waals surface area contributed by atoms with Crippen molar-refractivity contribution in [1.82, 2.24) is 9.88 Å². The van der Waals surface area contributed by atoms with Crippen LogP contribution in [0.3, 0.4) is 0 Å². The van der Waals surface area contributed by atoms with E-state index in [4.69, 9.17) is 0 Å². The van der Waals surface area contributed by atoms with E-state index in [1.54, 1.807) is 0 Å². The predicted octanol–water partition coefficient (Wildman–Crippen LogP) is 2.43. The van der Waals surface area contributed by atoms with Crippen LogP contribution in [0.25, 0.3) is 0 Å². The third-order valence-corrected chi connectivity index (χ3v) is 3.99. The highest BCUT2D eigenvalue weighted by atomic mass is 16.3. The lowest BCUT2D eigenvalue weighted by molar-refractivity contribution is 0.0843. The summed E-state index contributed by atoms with van der Waals surface area (Å²) in [6.07, 6.45) is 4.64. The van der Waals surface area contributed by atoms with E-state index in [0.717, 1.165) is 25.8 Å². The van der Waals surface area contributed by atoms with Crippen LogP contribution < -0.4 is 5.32 Å². The van der Waals surface area contributed by atoms with Gasteiger partial charge in [0.25, 0.3) is 5.91 Å². The van der Waals surface area contributed by atoms with Crippen LogP contribution in [0, 0.1) is 5.41 Å². The summed E-state index contributed by atoms with van der Waals surface area (Å²) in [6.45, 7) is 7.66. The van der Waals surface area contributed by atoms with Gasteiger partial charge in [-0.3, -0.25) is 4.79 Å². The molecule has 1 aromatic rings. The van der Waals surface area contributed by atoms with Crippen LogP contribution in [0.4, 0.5) is 0 Å². The van der Waals surface area contributed by atoms with Gasteiger partial charge in [0.1, 0.15) is 5.69 Å². The Kier molecular flexibility index (Phi) is 6.09. The summed E-state index contributed by atoms with van der Waals surface area (Å²) in [4.78, 5) is 12.2. The number of rotatable bonds is 8. The van der Waals surface area contributed by atoms with Crippen LogP contribution in [-0.4, -0.2) is 28.7 Å². The Hall–Kier alpha value is -1.29. The van der Waals surface area contributed by atoms with Crippen LogP contribution in [0.2, 0.25) is 0 Å². The summed E-state index contributed by atoms with van der Waals surface area (Å²) in [5.41, 5.74) is 0.499. The fourth-order valence-corrected chi connectivity index (χ4v) is 2.19. The molecule has 0 fully saturated rings. The zero-order chi connectivity index (χ0) is 14.3. The van der Waals surface area contributed by atoms with Crippen LogP contribution in [0.5, 0.6) is 0 Å². The first-order chi connectivity index (χ1) is 9.12. The summed E-state index contributed by atoms with van der Waals surface area (Å²) in [5, 5.41) is 12.5. The van der Waals surface area contributed by atoms with Crippen molar-refractivity contribution >= 4 is 5.91 Å². The van der Waals surface area contributed by atoms with E-state index in [-0.39, 0.29) is 17.9 Å².